The number of anilines is 1. The molecule has 122 valence electrons. The quantitative estimate of drug-likeness (QED) is 0.531. The average molecular weight is 326 g/mol. The number of nitro groups is 1. The number of nitro benzene ring substituents is 1. The van der Waals surface area contributed by atoms with Crippen LogP contribution in [0.5, 0.6) is 0 Å². The zero-order chi connectivity index (χ0) is 17.3. The third-order valence-electron chi connectivity index (χ3n) is 3.75. The lowest BCUT2D eigenvalue weighted by Gasteiger charge is -2.24. The fourth-order valence-electron chi connectivity index (χ4n) is 2.59. The van der Waals surface area contributed by atoms with Crippen molar-refractivity contribution in [1.29, 1.82) is 0 Å². The Hall–Kier alpha value is -3.22. The summed E-state index contributed by atoms with van der Waals surface area (Å²) in [4.78, 5) is 34.6. The van der Waals surface area contributed by atoms with E-state index in [1.807, 2.05) is 19.1 Å². The summed E-state index contributed by atoms with van der Waals surface area (Å²) in [5, 5.41) is 13.3. The van der Waals surface area contributed by atoms with Crippen LogP contribution in [-0.4, -0.2) is 22.9 Å². The summed E-state index contributed by atoms with van der Waals surface area (Å²) in [5.41, 5.74) is 2.35. The molecule has 7 heteroatoms. The second-order valence-electron chi connectivity index (χ2n) is 5.56. The zero-order valence-electron chi connectivity index (χ0n) is 12.8. The number of hydrogen-bond acceptors (Lipinski definition) is 5. The number of rotatable bonds is 3. The summed E-state index contributed by atoms with van der Waals surface area (Å²) in [6, 6.07) is 10.9. The van der Waals surface area contributed by atoms with Gasteiger partial charge in [0.1, 0.15) is 0 Å². The number of benzene rings is 2. The maximum Gasteiger partial charge on any atom is 0.339 e. The SMILES string of the molecule is Cc1ccc2c(c1)CC(C(=O)Nc1cccc([N+](=O)[O-])c1)OC2=O. The smallest absolute Gasteiger partial charge is 0.339 e. The molecular weight excluding hydrogens is 312 g/mol. The Bertz CT molecular complexity index is 847. The van der Waals surface area contributed by atoms with Crippen LogP contribution in [0, 0.1) is 17.0 Å². The molecule has 1 amide bonds. The molecule has 0 saturated carbocycles. The molecule has 1 aliphatic heterocycles. The van der Waals surface area contributed by atoms with Crippen LogP contribution < -0.4 is 5.32 Å². The third-order valence-corrected chi connectivity index (χ3v) is 3.75. The minimum Gasteiger partial charge on any atom is -0.448 e. The first-order chi connectivity index (χ1) is 11.4. The third kappa shape index (κ3) is 3.10. The summed E-state index contributed by atoms with van der Waals surface area (Å²) >= 11 is 0. The lowest BCUT2D eigenvalue weighted by atomic mass is 9.96. The Kier molecular flexibility index (Phi) is 3.99. The van der Waals surface area contributed by atoms with Crippen LogP contribution in [0.3, 0.4) is 0 Å². The lowest BCUT2D eigenvalue weighted by molar-refractivity contribution is -0.384. The van der Waals surface area contributed by atoms with Gasteiger partial charge in [0.25, 0.3) is 11.6 Å². The molecule has 24 heavy (non-hydrogen) atoms. The number of non-ortho nitro benzene ring substituents is 1. The van der Waals surface area contributed by atoms with Crippen LogP contribution in [0.2, 0.25) is 0 Å². The number of esters is 1. The van der Waals surface area contributed by atoms with E-state index in [9.17, 15) is 19.7 Å². The molecule has 2 aromatic rings. The van der Waals surface area contributed by atoms with Crippen molar-refractivity contribution in [1.82, 2.24) is 0 Å². The normalized spacial score (nSPS) is 16.0. The van der Waals surface area contributed by atoms with Gasteiger partial charge in [-0.2, -0.15) is 0 Å². The van der Waals surface area contributed by atoms with Crippen LogP contribution in [0.25, 0.3) is 0 Å². The van der Waals surface area contributed by atoms with Crippen LogP contribution in [0.15, 0.2) is 42.5 Å². The molecule has 1 atom stereocenters. The number of carbonyl (C=O) groups excluding carboxylic acids is 2. The molecule has 3 rings (SSSR count). The molecular formula is C17H14N2O5. The molecule has 1 N–H and O–H groups in total. The topological polar surface area (TPSA) is 98.5 Å². The van der Waals surface area contributed by atoms with E-state index in [-0.39, 0.29) is 17.8 Å². The second kappa shape index (κ2) is 6.11. The van der Waals surface area contributed by atoms with E-state index in [0.717, 1.165) is 11.1 Å². The van der Waals surface area contributed by atoms with E-state index in [1.54, 1.807) is 6.07 Å². The average Bonchev–Trinajstić information content (AvgIpc) is 2.54. The minimum atomic E-state index is -0.967. The number of ether oxygens (including phenoxy) is 1. The fraction of sp³-hybridized carbons (Fsp3) is 0.176. The largest absolute Gasteiger partial charge is 0.448 e. The molecule has 7 nitrogen and oxygen atoms in total. The number of fused-ring (bicyclic) bond motifs is 1. The van der Waals surface area contributed by atoms with Crippen molar-refractivity contribution in [3.63, 3.8) is 0 Å². The monoisotopic (exact) mass is 326 g/mol. The predicted octanol–water partition coefficient (Wildman–Crippen LogP) is 2.62. The van der Waals surface area contributed by atoms with Gasteiger partial charge in [-0.1, -0.05) is 23.8 Å². The highest BCUT2D eigenvalue weighted by atomic mass is 16.6. The van der Waals surface area contributed by atoms with Gasteiger partial charge in [0.2, 0.25) is 0 Å². The Balaban J connectivity index is 1.78. The van der Waals surface area contributed by atoms with Crippen LogP contribution in [0.1, 0.15) is 21.5 Å². The Morgan fingerprint density at radius 3 is 2.83 bits per heavy atom. The summed E-state index contributed by atoms with van der Waals surface area (Å²) in [5.74, 6) is -1.06. The molecule has 1 heterocycles. The van der Waals surface area contributed by atoms with Crippen molar-refractivity contribution < 1.29 is 19.2 Å². The van der Waals surface area contributed by atoms with Crippen LogP contribution in [-0.2, 0) is 16.0 Å². The summed E-state index contributed by atoms with van der Waals surface area (Å²) in [6.07, 6.45) is -0.699. The zero-order valence-corrected chi connectivity index (χ0v) is 12.8. The van der Waals surface area contributed by atoms with Crippen molar-refractivity contribution in [2.24, 2.45) is 0 Å². The second-order valence-corrected chi connectivity index (χ2v) is 5.56. The van der Waals surface area contributed by atoms with E-state index in [0.29, 0.717) is 5.56 Å². The van der Waals surface area contributed by atoms with Crippen molar-refractivity contribution >= 4 is 23.3 Å². The summed E-state index contributed by atoms with van der Waals surface area (Å²) in [7, 11) is 0. The van der Waals surface area contributed by atoms with Crippen LogP contribution >= 0.6 is 0 Å². The molecule has 1 aliphatic rings. The predicted molar refractivity (Wildman–Crippen MR) is 85.8 cm³/mol. The number of nitrogens with one attached hydrogen (secondary N) is 1. The highest BCUT2D eigenvalue weighted by Gasteiger charge is 2.31. The van der Waals surface area contributed by atoms with Crippen molar-refractivity contribution in [2.75, 3.05) is 5.32 Å². The molecule has 0 aliphatic carbocycles. The number of amides is 1. The highest BCUT2D eigenvalue weighted by Crippen LogP contribution is 2.23. The summed E-state index contributed by atoms with van der Waals surface area (Å²) < 4.78 is 5.18. The van der Waals surface area contributed by atoms with Crippen LogP contribution in [0.4, 0.5) is 11.4 Å². The van der Waals surface area contributed by atoms with E-state index in [2.05, 4.69) is 5.32 Å². The van der Waals surface area contributed by atoms with Gasteiger partial charge in [0.15, 0.2) is 6.10 Å². The number of carbonyl (C=O) groups is 2. The van der Waals surface area contributed by atoms with E-state index < -0.39 is 22.9 Å². The van der Waals surface area contributed by atoms with Crippen molar-refractivity contribution in [3.05, 3.63) is 69.3 Å². The van der Waals surface area contributed by atoms with Gasteiger partial charge in [0.05, 0.1) is 10.5 Å². The Morgan fingerprint density at radius 1 is 1.29 bits per heavy atom. The Morgan fingerprint density at radius 2 is 2.08 bits per heavy atom. The molecule has 0 fully saturated rings. The number of cyclic esters (lactones) is 1. The van der Waals surface area contributed by atoms with E-state index >= 15 is 0 Å². The molecule has 1 unspecified atom stereocenters. The molecule has 0 radical (unpaired) electrons. The van der Waals surface area contributed by atoms with Gasteiger partial charge in [-0.05, 0) is 24.6 Å². The minimum absolute atomic E-state index is 0.130. The van der Waals surface area contributed by atoms with Gasteiger partial charge in [-0.3, -0.25) is 14.9 Å². The maximum absolute atomic E-state index is 12.3. The number of aryl methyl sites for hydroxylation is 1. The van der Waals surface area contributed by atoms with Gasteiger partial charge >= 0.3 is 5.97 Å². The first-order valence-corrected chi connectivity index (χ1v) is 7.30. The van der Waals surface area contributed by atoms with Gasteiger partial charge < -0.3 is 10.1 Å². The van der Waals surface area contributed by atoms with Crippen molar-refractivity contribution in [3.8, 4) is 0 Å². The van der Waals surface area contributed by atoms with Crippen molar-refractivity contribution in [2.45, 2.75) is 19.4 Å². The van der Waals surface area contributed by atoms with E-state index in [4.69, 9.17) is 4.74 Å². The highest BCUT2D eigenvalue weighted by molar-refractivity contribution is 6.00. The lowest BCUT2D eigenvalue weighted by Crippen LogP contribution is -2.38. The molecule has 2 aromatic carbocycles. The Labute approximate surface area is 137 Å². The first kappa shape index (κ1) is 15.7. The van der Waals surface area contributed by atoms with E-state index in [1.165, 1.54) is 24.3 Å². The fourth-order valence-corrected chi connectivity index (χ4v) is 2.59. The first-order valence-electron chi connectivity index (χ1n) is 7.30. The number of hydrogen-bond donors (Lipinski definition) is 1. The number of nitrogens with zero attached hydrogens (tertiary/aromatic N) is 1. The van der Waals surface area contributed by atoms with Gasteiger partial charge in [0, 0.05) is 24.2 Å². The molecule has 0 saturated heterocycles. The standard InChI is InChI=1S/C17H14N2O5/c1-10-5-6-14-11(7-10)8-15(24-17(14)21)16(20)18-12-3-2-4-13(9-12)19(22)23/h2-7,9,15H,8H2,1H3,(H,18,20). The molecule has 0 bridgehead atoms. The van der Waals surface area contributed by atoms with Gasteiger partial charge in [-0.25, -0.2) is 4.79 Å². The molecule has 0 aromatic heterocycles. The summed E-state index contributed by atoms with van der Waals surface area (Å²) in [6.45, 7) is 1.90. The molecule has 0 spiro atoms. The van der Waals surface area contributed by atoms with Gasteiger partial charge in [-0.15, -0.1) is 0 Å². The maximum atomic E-state index is 12.3.